The second-order valence-electron chi connectivity index (χ2n) is 9.43. The summed E-state index contributed by atoms with van der Waals surface area (Å²) in [6.07, 6.45) is 7.79. The molecule has 36 heavy (non-hydrogen) atoms. The summed E-state index contributed by atoms with van der Waals surface area (Å²) in [5.41, 5.74) is 2.29. The average Bonchev–Trinajstić information content (AvgIpc) is 3.37. The van der Waals surface area contributed by atoms with Crippen LogP contribution in [0.1, 0.15) is 58.9 Å². The number of carbonyl (C=O) groups is 2. The van der Waals surface area contributed by atoms with Crippen LogP contribution in [-0.4, -0.2) is 64.2 Å². The van der Waals surface area contributed by atoms with Crippen molar-refractivity contribution in [2.24, 2.45) is 0 Å². The zero-order valence-electron chi connectivity index (χ0n) is 21.3. The molecule has 190 valence electrons. The molecular formula is C29H36N4O3. The predicted octanol–water partition coefficient (Wildman–Crippen LogP) is 4.68. The molecular weight excluding hydrogens is 452 g/mol. The van der Waals surface area contributed by atoms with Gasteiger partial charge in [-0.2, -0.15) is 5.10 Å². The molecule has 4 rings (SSSR count). The molecule has 0 saturated heterocycles. The van der Waals surface area contributed by atoms with Crippen molar-refractivity contribution in [2.75, 3.05) is 26.7 Å². The van der Waals surface area contributed by atoms with E-state index in [1.165, 1.54) is 0 Å². The normalized spacial score (nSPS) is 17.4. The van der Waals surface area contributed by atoms with Gasteiger partial charge in [0.1, 0.15) is 12.4 Å². The summed E-state index contributed by atoms with van der Waals surface area (Å²) >= 11 is 0. The van der Waals surface area contributed by atoms with Gasteiger partial charge in [-0.05, 0) is 49.8 Å². The van der Waals surface area contributed by atoms with Crippen LogP contribution in [0.2, 0.25) is 0 Å². The van der Waals surface area contributed by atoms with Crippen LogP contribution in [0.4, 0.5) is 0 Å². The molecule has 7 nitrogen and oxygen atoms in total. The number of amides is 2. The van der Waals surface area contributed by atoms with Crippen molar-refractivity contribution in [1.29, 1.82) is 0 Å². The highest BCUT2D eigenvalue weighted by Gasteiger charge is 2.28. The largest absolute Gasteiger partial charge is 0.491 e. The van der Waals surface area contributed by atoms with Gasteiger partial charge in [-0.3, -0.25) is 14.3 Å². The second kappa shape index (κ2) is 12.4. The lowest BCUT2D eigenvalue weighted by molar-refractivity contribution is 0.0605. The molecule has 2 amide bonds. The standard InChI is InChI=1S/C29H36N4O3/c1-3-16-32-21-24(20-30-32)28(34)33-18-11-5-10-17-31(2)29(35)26-14-8-9-15-27(26)36-22-25(33)19-23-12-6-4-7-13-23/h4,6-9,12-15,20-21,25H,3,5,10-11,16-19,22H2,1-2H3/t25-/m0/s1. The van der Waals surface area contributed by atoms with Gasteiger partial charge in [0, 0.05) is 32.9 Å². The molecule has 0 N–H and O–H groups in total. The van der Waals surface area contributed by atoms with Gasteiger partial charge in [-0.15, -0.1) is 0 Å². The van der Waals surface area contributed by atoms with Gasteiger partial charge < -0.3 is 14.5 Å². The van der Waals surface area contributed by atoms with E-state index in [0.717, 1.165) is 37.8 Å². The van der Waals surface area contributed by atoms with E-state index in [1.54, 1.807) is 11.1 Å². The number of para-hydroxylation sites is 1. The van der Waals surface area contributed by atoms with Crippen LogP contribution in [0.5, 0.6) is 5.75 Å². The third kappa shape index (κ3) is 6.33. The smallest absolute Gasteiger partial charge is 0.257 e. The fourth-order valence-electron chi connectivity index (χ4n) is 4.66. The van der Waals surface area contributed by atoms with Gasteiger partial charge in [-0.1, -0.05) is 49.4 Å². The Morgan fingerprint density at radius 1 is 1.03 bits per heavy atom. The summed E-state index contributed by atoms with van der Waals surface area (Å²) in [6.45, 7) is 4.45. The van der Waals surface area contributed by atoms with Crippen molar-refractivity contribution < 1.29 is 14.3 Å². The summed E-state index contributed by atoms with van der Waals surface area (Å²) in [5, 5.41) is 4.39. The molecule has 0 aliphatic carbocycles. The van der Waals surface area contributed by atoms with E-state index in [0.29, 0.717) is 36.4 Å². The van der Waals surface area contributed by atoms with Crippen LogP contribution in [0, 0.1) is 0 Å². The number of carbonyl (C=O) groups excluding carboxylic acids is 2. The molecule has 0 unspecified atom stereocenters. The van der Waals surface area contributed by atoms with Gasteiger partial charge in [0.25, 0.3) is 11.8 Å². The van der Waals surface area contributed by atoms with E-state index < -0.39 is 0 Å². The minimum atomic E-state index is -0.198. The zero-order valence-corrected chi connectivity index (χ0v) is 21.3. The van der Waals surface area contributed by atoms with Crippen LogP contribution in [0.3, 0.4) is 0 Å². The molecule has 0 fully saturated rings. The van der Waals surface area contributed by atoms with Crippen molar-refractivity contribution in [3.05, 3.63) is 83.7 Å². The van der Waals surface area contributed by atoms with Crippen LogP contribution in [0.15, 0.2) is 67.0 Å². The minimum Gasteiger partial charge on any atom is -0.491 e. The van der Waals surface area contributed by atoms with Crippen LogP contribution in [-0.2, 0) is 13.0 Å². The Balaban J connectivity index is 1.67. The summed E-state index contributed by atoms with van der Waals surface area (Å²) in [7, 11) is 1.83. The first-order chi connectivity index (χ1) is 17.6. The Hall–Kier alpha value is -3.61. The highest BCUT2D eigenvalue weighted by molar-refractivity contribution is 5.96. The molecule has 0 spiro atoms. The lowest BCUT2D eigenvalue weighted by Gasteiger charge is -2.32. The van der Waals surface area contributed by atoms with Crippen LogP contribution >= 0.6 is 0 Å². The number of benzene rings is 2. The summed E-state index contributed by atoms with van der Waals surface area (Å²) in [6, 6.07) is 17.4. The Bertz CT molecular complexity index is 1140. The number of hydrogen-bond donors (Lipinski definition) is 0. The van der Waals surface area contributed by atoms with E-state index >= 15 is 0 Å². The van der Waals surface area contributed by atoms with E-state index in [9.17, 15) is 9.59 Å². The molecule has 1 atom stereocenters. The Kier molecular flexibility index (Phi) is 8.76. The Labute approximate surface area is 213 Å². The topological polar surface area (TPSA) is 67.7 Å². The van der Waals surface area contributed by atoms with Crippen molar-refractivity contribution >= 4 is 11.8 Å². The number of ether oxygens (including phenoxy) is 1. The molecule has 0 radical (unpaired) electrons. The number of nitrogens with zero attached hydrogens (tertiary/aromatic N) is 4. The van der Waals surface area contributed by atoms with E-state index in [2.05, 4.69) is 24.2 Å². The Morgan fingerprint density at radius 3 is 2.58 bits per heavy atom. The lowest BCUT2D eigenvalue weighted by atomic mass is 10.0. The molecule has 1 aliphatic heterocycles. The van der Waals surface area contributed by atoms with E-state index in [1.807, 2.05) is 65.3 Å². The van der Waals surface area contributed by atoms with Crippen LogP contribution in [0.25, 0.3) is 0 Å². The van der Waals surface area contributed by atoms with Crippen molar-refractivity contribution in [2.45, 2.75) is 51.6 Å². The lowest BCUT2D eigenvalue weighted by Crippen LogP contribution is -2.45. The number of fused-ring (bicyclic) bond motifs is 1. The molecule has 0 bridgehead atoms. The maximum Gasteiger partial charge on any atom is 0.257 e. The van der Waals surface area contributed by atoms with Gasteiger partial charge in [-0.25, -0.2) is 0 Å². The first-order valence-electron chi connectivity index (χ1n) is 12.9. The zero-order chi connectivity index (χ0) is 25.3. The molecule has 0 saturated carbocycles. The van der Waals surface area contributed by atoms with Gasteiger partial charge >= 0.3 is 0 Å². The number of aryl methyl sites for hydroxylation is 1. The van der Waals surface area contributed by atoms with Crippen molar-refractivity contribution in [1.82, 2.24) is 19.6 Å². The van der Waals surface area contributed by atoms with E-state index in [4.69, 9.17) is 4.74 Å². The third-order valence-electron chi connectivity index (χ3n) is 6.64. The first-order valence-corrected chi connectivity index (χ1v) is 12.9. The molecule has 1 aromatic heterocycles. The van der Waals surface area contributed by atoms with Gasteiger partial charge in [0.05, 0.1) is 23.4 Å². The second-order valence-corrected chi connectivity index (χ2v) is 9.43. The molecule has 2 aromatic carbocycles. The third-order valence-corrected chi connectivity index (χ3v) is 6.64. The highest BCUT2D eigenvalue weighted by atomic mass is 16.5. The van der Waals surface area contributed by atoms with Gasteiger partial charge in [0.15, 0.2) is 0 Å². The summed E-state index contributed by atoms with van der Waals surface area (Å²) in [4.78, 5) is 30.6. The maximum absolute atomic E-state index is 13.8. The van der Waals surface area contributed by atoms with Crippen LogP contribution < -0.4 is 4.74 Å². The monoisotopic (exact) mass is 488 g/mol. The SMILES string of the molecule is CCCn1cc(C(=O)N2CCCCCN(C)C(=O)c3ccccc3OC[C@@H]2Cc2ccccc2)cn1. The highest BCUT2D eigenvalue weighted by Crippen LogP contribution is 2.23. The number of aromatic nitrogens is 2. The molecule has 7 heteroatoms. The number of hydrogen-bond acceptors (Lipinski definition) is 4. The maximum atomic E-state index is 13.8. The van der Waals surface area contributed by atoms with Gasteiger partial charge in [0.2, 0.25) is 0 Å². The van der Waals surface area contributed by atoms with Crippen molar-refractivity contribution in [3.8, 4) is 5.75 Å². The molecule has 1 aliphatic rings. The Morgan fingerprint density at radius 2 is 1.78 bits per heavy atom. The fraction of sp³-hybridized carbons (Fsp3) is 0.414. The first kappa shape index (κ1) is 25.5. The summed E-state index contributed by atoms with van der Waals surface area (Å²) in [5.74, 6) is 0.480. The molecule has 2 heterocycles. The minimum absolute atomic E-state index is 0.0294. The molecule has 3 aromatic rings. The average molecular weight is 489 g/mol. The fourth-order valence-corrected chi connectivity index (χ4v) is 4.66. The van der Waals surface area contributed by atoms with Crippen molar-refractivity contribution in [3.63, 3.8) is 0 Å². The number of rotatable bonds is 5. The predicted molar refractivity (Wildman–Crippen MR) is 140 cm³/mol. The van der Waals surface area contributed by atoms with E-state index in [-0.39, 0.29) is 24.5 Å². The quantitative estimate of drug-likeness (QED) is 0.523. The summed E-state index contributed by atoms with van der Waals surface area (Å²) < 4.78 is 8.13.